The van der Waals surface area contributed by atoms with Crippen molar-refractivity contribution >= 4 is 11.6 Å². The van der Waals surface area contributed by atoms with E-state index in [1.54, 1.807) is 6.20 Å². The van der Waals surface area contributed by atoms with E-state index >= 15 is 0 Å². The van der Waals surface area contributed by atoms with Crippen LogP contribution in [0.1, 0.15) is 28.3 Å². The summed E-state index contributed by atoms with van der Waals surface area (Å²) in [7, 11) is 0. The minimum absolute atomic E-state index is 0.226. The van der Waals surface area contributed by atoms with Crippen molar-refractivity contribution in [2.24, 2.45) is 5.73 Å². The SMILES string of the molecule is Cc1cncc(C(N)c2ccc(C)cc2Cl)c1. The monoisotopic (exact) mass is 246 g/mol. The van der Waals surface area contributed by atoms with Gasteiger partial charge >= 0.3 is 0 Å². The van der Waals surface area contributed by atoms with Crippen LogP contribution < -0.4 is 5.73 Å². The van der Waals surface area contributed by atoms with E-state index in [2.05, 4.69) is 4.98 Å². The highest BCUT2D eigenvalue weighted by molar-refractivity contribution is 6.31. The summed E-state index contributed by atoms with van der Waals surface area (Å²) >= 11 is 6.21. The molecule has 2 N–H and O–H groups in total. The summed E-state index contributed by atoms with van der Waals surface area (Å²) < 4.78 is 0. The van der Waals surface area contributed by atoms with E-state index in [0.717, 1.165) is 22.3 Å². The standard InChI is InChI=1S/C14H15ClN2/c1-9-3-4-12(13(15)6-9)14(16)11-5-10(2)7-17-8-11/h3-8,14H,16H2,1-2H3. The largest absolute Gasteiger partial charge is 0.320 e. The number of nitrogens with two attached hydrogens (primary N) is 1. The molecule has 1 unspecified atom stereocenters. The molecule has 0 spiro atoms. The first-order chi connectivity index (χ1) is 8.08. The number of halogens is 1. The molecule has 1 aromatic heterocycles. The van der Waals surface area contributed by atoms with Gasteiger partial charge in [-0.15, -0.1) is 0 Å². The number of benzene rings is 1. The molecule has 0 fully saturated rings. The molecule has 0 aliphatic carbocycles. The Bertz CT molecular complexity index is 537. The van der Waals surface area contributed by atoms with Crippen LogP contribution >= 0.6 is 11.6 Å². The number of rotatable bonds is 2. The average Bonchev–Trinajstić information content (AvgIpc) is 2.28. The molecule has 3 heteroatoms. The predicted molar refractivity (Wildman–Crippen MR) is 71.2 cm³/mol. The van der Waals surface area contributed by atoms with Crippen molar-refractivity contribution in [1.82, 2.24) is 4.98 Å². The van der Waals surface area contributed by atoms with Gasteiger partial charge < -0.3 is 5.73 Å². The quantitative estimate of drug-likeness (QED) is 0.882. The van der Waals surface area contributed by atoms with Crippen LogP contribution in [0, 0.1) is 13.8 Å². The van der Waals surface area contributed by atoms with Gasteiger partial charge in [-0.05, 0) is 42.2 Å². The summed E-state index contributed by atoms with van der Waals surface area (Å²) in [5, 5.41) is 0.707. The molecule has 1 aromatic carbocycles. The second-order valence-electron chi connectivity index (χ2n) is 4.30. The number of aryl methyl sites for hydroxylation is 2. The molecule has 88 valence electrons. The van der Waals surface area contributed by atoms with E-state index in [0.29, 0.717) is 5.02 Å². The first-order valence-corrected chi connectivity index (χ1v) is 5.89. The van der Waals surface area contributed by atoms with Gasteiger partial charge in [-0.1, -0.05) is 29.8 Å². The normalized spacial score (nSPS) is 12.5. The molecule has 0 aliphatic rings. The van der Waals surface area contributed by atoms with E-state index in [4.69, 9.17) is 17.3 Å². The molecule has 0 amide bonds. The van der Waals surface area contributed by atoms with Crippen LogP contribution in [-0.2, 0) is 0 Å². The van der Waals surface area contributed by atoms with Crippen molar-refractivity contribution in [3.8, 4) is 0 Å². The van der Waals surface area contributed by atoms with Gasteiger partial charge in [0.25, 0.3) is 0 Å². The van der Waals surface area contributed by atoms with Crippen molar-refractivity contribution in [1.29, 1.82) is 0 Å². The molecule has 0 saturated heterocycles. The summed E-state index contributed by atoms with van der Waals surface area (Å²) in [5.41, 5.74) is 10.4. The topological polar surface area (TPSA) is 38.9 Å². The lowest BCUT2D eigenvalue weighted by atomic mass is 9.99. The fourth-order valence-electron chi connectivity index (χ4n) is 1.81. The Morgan fingerprint density at radius 2 is 1.88 bits per heavy atom. The fourth-order valence-corrected chi connectivity index (χ4v) is 2.17. The van der Waals surface area contributed by atoms with E-state index in [-0.39, 0.29) is 6.04 Å². The van der Waals surface area contributed by atoms with E-state index < -0.39 is 0 Å². The van der Waals surface area contributed by atoms with Crippen LogP contribution in [0.2, 0.25) is 5.02 Å². The van der Waals surface area contributed by atoms with Crippen molar-refractivity contribution in [2.45, 2.75) is 19.9 Å². The third-order valence-electron chi connectivity index (χ3n) is 2.75. The first-order valence-electron chi connectivity index (χ1n) is 5.51. The zero-order chi connectivity index (χ0) is 12.4. The molecule has 1 heterocycles. The van der Waals surface area contributed by atoms with Gasteiger partial charge in [0.05, 0.1) is 6.04 Å². The molecule has 0 bridgehead atoms. The van der Waals surface area contributed by atoms with Crippen molar-refractivity contribution in [2.75, 3.05) is 0 Å². The number of nitrogens with zero attached hydrogens (tertiary/aromatic N) is 1. The summed E-state index contributed by atoms with van der Waals surface area (Å²) in [4.78, 5) is 4.15. The molecule has 1 atom stereocenters. The molecule has 0 saturated carbocycles. The third-order valence-corrected chi connectivity index (χ3v) is 3.07. The van der Waals surface area contributed by atoms with E-state index in [9.17, 15) is 0 Å². The number of pyridine rings is 1. The van der Waals surface area contributed by atoms with Crippen LogP contribution in [-0.4, -0.2) is 4.98 Å². The van der Waals surface area contributed by atoms with Crippen LogP contribution in [0.25, 0.3) is 0 Å². The van der Waals surface area contributed by atoms with Gasteiger partial charge in [0, 0.05) is 17.4 Å². The van der Waals surface area contributed by atoms with Crippen molar-refractivity contribution < 1.29 is 0 Å². The summed E-state index contributed by atoms with van der Waals surface area (Å²) in [6.07, 6.45) is 3.60. The minimum atomic E-state index is -0.226. The van der Waals surface area contributed by atoms with Gasteiger partial charge in [0.1, 0.15) is 0 Å². The smallest absolute Gasteiger partial charge is 0.0581 e. The fraction of sp³-hybridized carbons (Fsp3) is 0.214. The lowest BCUT2D eigenvalue weighted by Crippen LogP contribution is -2.13. The Kier molecular flexibility index (Phi) is 3.46. The molecule has 2 rings (SSSR count). The first kappa shape index (κ1) is 12.1. The van der Waals surface area contributed by atoms with Crippen molar-refractivity contribution in [3.05, 3.63) is 63.9 Å². The van der Waals surface area contributed by atoms with Gasteiger partial charge in [0.15, 0.2) is 0 Å². The molecule has 2 aromatic rings. The molecule has 2 nitrogen and oxygen atoms in total. The zero-order valence-electron chi connectivity index (χ0n) is 9.94. The summed E-state index contributed by atoms with van der Waals surface area (Å²) in [6.45, 7) is 4.01. The highest BCUT2D eigenvalue weighted by Gasteiger charge is 2.12. The second kappa shape index (κ2) is 4.86. The Labute approximate surface area is 106 Å². The summed E-state index contributed by atoms with van der Waals surface area (Å²) in [6, 6.07) is 7.73. The Morgan fingerprint density at radius 1 is 1.12 bits per heavy atom. The van der Waals surface area contributed by atoms with Crippen molar-refractivity contribution in [3.63, 3.8) is 0 Å². The Morgan fingerprint density at radius 3 is 2.53 bits per heavy atom. The minimum Gasteiger partial charge on any atom is -0.320 e. The van der Waals surface area contributed by atoms with E-state index in [1.807, 2.05) is 44.3 Å². The number of hydrogen-bond donors (Lipinski definition) is 1. The molecular formula is C14H15ClN2. The zero-order valence-corrected chi connectivity index (χ0v) is 10.7. The predicted octanol–water partition coefficient (Wildman–Crippen LogP) is 3.40. The van der Waals surface area contributed by atoms with Gasteiger partial charge in [0.2, 0.25) is 0 Å². The number of aromatic nitrogens is 1. The maximum Gasteiger partial charge on any atom is 0.0581 e. The maximum absolute atomic E-state index is 6.21. The van der Waals surface area contributed by atoms with Crippen LogP contribution in [0.15, 0.2) is 36.7 Å². The number of hydrogen-bond acceptors (Lipinski definition) is 2. The lowest BCUT2D eigenvalue weighted by molar-refractivity contribution is 0.860. The molecule has 17 heavy (non-hydrogen) atoms. The highest BCUT2D eigenvalue weighted by atomic mass is 35.5. The molecule has 0 aliphatic heterocycles. The maximum atomic E-state index is 6.21. The second-order valence-corrected chi connectivity index (χ2v) is 4.71. The van der Waals surface area contributed by atoms with Gasteiger partial charge in [-0.2, -0.15) is 0 Å². The van der Waals surface area contributed by atoms with Crippen LogP contribution in [0.5, 0.6) is 0 Å². The summed E-state index contributed by atoms with van der Waals surface area (Å²) in [5.74, 6) is 0. The average molecular weight is 247 g/mol. The van der Waals surface area contributed by atoms with Gasteiger partial charge in [-0.3, -0.25) is 4.98 Å². The lowest BCUT2D eigenvalue weighted by Gasteiger charge is -2.14. The molecule has 0 radical (unpaired) electrons. The molecular weight excluding hydrogens is 232 g/mol. The Balaban J connectivity index is 2.40. The Hall–Kier alpha value is -1.38. The third kappa shape index (κ3) is 2.65. The van der Waals surface area contributed by atoms with E-state index in [1.165, 1.54) is 0 Å². The van der Waals surface area contributed by atoms with Crippen LogP contribution in [0.4, 0.5) is 0 Å². The highest BCUT2D eigenvalue weighted by Crippen LogP contribution is 2.27. The van der Waals surface area contributed by atoms with Crippen LogP contribution in [0.3, 0.4) is 0 Å². The van der Waals surface area contributed by atoms with Gasteiger partial charge in [-0.25, -0.2) is 0 Å².